The average Bonchev–Trinajstić information content (AvgIpc) is 2.58. The summed E-state index contributed by atoms with van der Waals surface area (Å²) < 4.78 is 0. The Labute approximate surface area is 95.6 Å². The van der Waals surface area contributed by atoms with Crippen molar-refractivity contribution >= 4 is 11.9 Å². The van der Waals surface area contributed by atoms with Crippen LogP contribution in [-0.4, -0.2) is 41.0 Å². The van der Waals surface area contributed by atoms with Gasteiger partial charge in [0.15, 0.2) is 0 Å². The molecule has 4 unspecified atom stereocenters. The van der Waals surface area contributed by atoms with Gasteiger partial charge >= 0.3 is 5.97 Å². The third-order valence-electron chi connectivity index (χ3n) is 3.42. The average molecular weight is 228 g/mol. The Hall–Kier alpha value is -1.10. The second-order valence-corrected chi connectivity index (χ2v) is 4.81. The fraction of sp³-hybridized carbons (Fsp3) is 0.818. The molecule has 0 aliphatic carbocycles. The van der Waals surface area contributed by atoms with Crippen molar-refractivity contribution in [1.82, 2.24) is 4.90 Å². The highest BCUT2D eigenvalue weighted by Crippen LogP contribution is 2.24. The fourth-order valence-electron chi connectivity index (χ4n) is 1.98. The van der Waals surface area contributed by atoms with Crippen molar-refractivity contribution in [2.24, 2.45) is 23.5 Å². The van der Waals surface area contributed by atoms with E-state index in [1.807, 2.05) is 6.92 Å². The zero-order chi connectivity index (χ0) is 12.5. The summed E-state index contributed by atoms with van der Waals surface area (Å²) in [7, 11) is 0. The van der Waals surface area contributed by atoms with Crippen molar-refractivity contribution in [3.8, 4) is 0 Å². The topological polar surface area (TPSA) is 83.6 Å². The quantitative estimate of drug-likeness (QED) is 0.720. The van der Waals surface area contributed by atoms with Crippen LogP contribution in [0.3, 0.4) is 0 Å². The van der Waals surface area contributed by atoms with Crippen LogP contribution in [0.25, 0.3) is 0 Å². The molecule has 0 aromatic heterocycles. The predicted molar refractivity (Wildman–Crippen MR) is 59.7 cm³/mol. The first-order valence-corrected chi connectivity index (χ1v) is 5.61. The first-order valence-electron chi connectivity index (χ1n) is 5.61. The van der Waals surface area contributed by atoms with E-state index in [2.05, 4.69) is 0 Å². The number of rotatable bonds is 3. The van der Waals surface area contributed by atoms with Gasteiger partial charge in [-0.25, -0.2) is 0 Å². The third kappa shape index (κ3) is 2.52. The van der Waals surface area contributed by atoms with Crippen LogP contribution in [0.15, 0.2) is 0 Å². The van der Waals surface area contributed by atoms with E-state index < -0.39 is 11.9 Å². The summed E-state index contributed by atoms with van der Waals surface area (Å²) in [6.07, 6.45) is 0. The van der Waals surface area contributed by atoms with Gasteiger partial charge in [-0.1, -0.05) is 13.8 Å². The SMILES string of the molecule is CC(N)C(C)C(=O)N1CC(C)C(C(=O)O)C1. The van der Waals surface area contributed by atoms with Crippen molar-refractivity contribution in [1.29, 1.82) is 0 Å². The van der Waals surface area contributed by atoms with Crippen molar-refractivity contribution in [3.63, 3.8) is 0 Å². The highest BCUT2D eigenvalue weighted by atomic mass is 16.4. The standard InChI is InChI=1S/C11H20N2O3/c1-6-4-13(5-9(6)11(15)16)10(14)7(2)8(3)12/h6-9H,4-5,12H2,1-3H3,(H,15,16). The Kier molecular flexibility index (Phi) is 3.91. The number of amides is 1. The summed E-state index contributed by atoms with van der Waals surface area (Å²) >= 11 is 0. The molecule has 0 aromatic rings. The number of carboxylic acid groups (broad SMARTS) is 1. The summed E-state index contributed by atoms with van der Waals surface area (Å²) in [6.45, 7) is 6.27. The van der Waals surface area contributed by atoms with Gasteiger partial charge in [0, 0.05) is 19.1 Å². The fourth-order valence-corrected chi connectivity index (χ4v) is 1.98. The number of likely N-dealkylation sites (tertiary alicyclic amines) is 1. The maximum Gasteiger partial charge on any atom is 0.308 e. The van der Waals surface area contributed by atoms with Gasteiger partial charge in [-0.3, -0.25) is 9.59 Å². The van der Waals surface area contributed by atoms with Crippen molar-refractivity contribution < 1.29 is 14.7 Å². The second kappa shape index (κ2) is 4.82. The molecule has 3 N–H and O–H groups in total. The van der Waals surface area contributed by atoms with E-state index in [-0.39, 0.29) is 23.8 Å². The Morgan fingerprint density at radius 1 is 1.38 bits per heavy atom. The normalized spacial score (nSPS) is 28.9. The van der Waals surface area contributed by atoms with Gasteiger partial charge in [-0.05, 0) is 12.8 Å². The molecule has 0 spiro atoms. The van der Waals surface area contributed by atoms with Gasteiger partial charge in [0.05, 0.1) is 11.8 Å². The molecule has 1 rings (SSSR count). The molecule has 1 saturated heterocycles. The van der Waals surface area contributed by atoms with Crippen molar-refractivity contribution in [3.05, 3.63) is 0 Å². The number of carbonyl (C=O) groups excluding carboxylic acids is 1. The number of nitrogens with two attached hydrogens (primary N) is 1. The lowest BCUT2D eigenvalue weighted by atomic mass is 9.99. The van der Waals surface area contributed by atoms with E-state index >= 15 is 0 Å². The second-order valence-electron chi connectivity index (χ2n) is 4.81. The molecule has 0 aromatic carbocycles. The van der Waals surface area contributed by atoms with Crippen LogP contribution in [0.2, 0.25) is 0 Å². The monoisotopic (exact) mass is 228 g/mol. The molecule has 0 radical (unpaired) electrons. The van der Waals surface area contributed by atoms with Crippen LogP contribution < -0.4 is 5.73 Å². The minimum Gasteiger partial charge on any atom is -0.481 e. The van der Waals surface area contributed by atoms with Gasteiger partial charge in [-0.2, -0.15) is 0 Å². The summed E-state index contributed by atoms with van der Waals surface area (Å²) in [5.41, 5.74) is 5.67. The number of carboxylic acids is 1. The lowest BCUT2D eigenvalue weighted by Crippen LogP contribution is -2.41. The lowest BCUT2D eigenvalue weighted by Gasteiger charge is -2.22. The van der Waals surface area contributed by atoms with Gasteiger partial charge in [0.1, 0.15) is 0 Å². The minimum atomic E-state index is -0.823. The molecule has 1 heterocycles. The zero-order valence-electron chi connectivity index (χ0n) is 10.0. The molecule has 0 saturated carbocycles. The number of aliphatic carboxylic acids is 1. The first kappa shape index (κ1) is 13.0. The molecule has 1 aliphatic heterocycles. The Morgan fingerprint density at radius 3 is 2.31 bits per heavy atom. The van der Waals surface area contributed by atoms with Crippen LogP contribution in [0.5, 0.6) is 0 Å². The van der Waals surface area contributed by atoms with Crippen molar-refractivity contribution in [2.75, 3.05) is 13.1 Å². The largest absolute Gasteiger partial charge is 0.481 e. The maximum atomic E-state index is 12.0. The number of hydrogen-bond donors (Lipinski definition) is 2. The summed E-state index contributed by atoms with van der Waals surface area (Å²) in [6, 6.07) is -0.202. The predicted octanol–water partition coefficient (Wildman–Crippen LogP) is 0.149. The smallest absolute Gasteiger partial charge is 0.308 e. The molecular formula is C11H20N2O3. The minimum absolute atomic E-state index is 0.0155. The molecule has 0 bridgehead atoms. The molecule has 16 heavy (non-hydrogen) atoms. The highest BCUT2D eigenvalue weighted by Gasteiger charge is 2.38. The van der Waals surface area contributed by atoms with E-state index in [1.165, 1.54) is 0 Å². The van der Waals surface area contributed by atoms with E-state index in [0.29, 0.717) is 13.1 Å². The first-order chi connectivity index (χ1) is 7.34. The van der Waals surface area contributed by atoms with E-state index in [0.717, 1.165) is 0 Å². The van der Waals surface area contributed by atoms with Gasteiger partial charge in [-0.15, -0.1) is 0 Å². The molecule has 1 amide bonds. The van der Waals surface area contributed by atoms with E-state index in [9.17, 15) is 9.59 Å². The third-order valence-corrected chi connectivity index (χ3v) is 3.42. The van der Waals surface area contributed by atoms with Crippen molar-refractivity contribution in [2.45, 2.75) is 26.8 Å². The zero-order valence-corrected chi connectivity index (χ0v) is 10.0. The molecule has 1 fully saturated rings. The van der Waals surface area contributed by atoms with Crippen LogP contribution in [0.4, 0.5) is 0 Å². The molecule has 1 aliphatic rings. The van der Waals surface area contributed by atoms with Crippen LogP contribution in [0, 0.1) is 17.8 Å². The number of nitrogens with zero attached hydrogens (tertiary/aromatic N) is 1. The summed E-state index contributed by atoms with van der Waals surface area (Å²) in [4.78, 5) is 24.5. The molecule has 4 atom stereocenters. The van der Waals surface area contributed by atoms with Crippen LogP contribution in [0.1, 0.15) is 20.8 Å². The van der Waals surface area contributed by atoms with Crippen LogP contribution >= 0.6 is 0 Å². The molecule has 5 heteroatoms. The summed E-state index contributed by atoms with van der Waals surface area (Å²) in [5, 5.41) is 8.97. The maximum absolute atomic E-state index is 12.0. The van der Waals surface area contributed by atoms with E-state index in [1.54, 1.807) is 18.7 Å². The molecular weight excluding hydrogens is 208 g/mol. The van der Waals surface area contributed by atoms with Gasteiger partial charge in [0.2, 0.25) is 5.91 Å². The molecule has 5 nitrogen and oxygen atoms in total. The van der Waals surface area contributed by atoms with Crippen LogP contribution in [-0.2, 0) is 9.59 Å². The summed E-state index contributed by atoms with van der Waals surface area (Å²) in [5.74, 6) is -1.53. The van der Waals surface area contributed by atoms with Gasteiger partial charge < -0.3 is 15.7 Å². The number of carbonyl (C=O) groups is 2. The van der Waals surface area contributed by atoms with E-state index in [4.69, 9.17) is 10.8 Å². The Balaban J connectivity index is 2.65. The lowest BCUT2D eigenvalue weighted by molar-refractivity contribution is -0.142. The van der Waals surface area contributed by atoms with Gasteiger partial charge in [0.25, 0.3) is 0 Å². The Bertz CT molecular complexity index is 291. The Morgan fingerprint density at radius 2 is 1.94 bits per heavy atom. The molecule has 92 valence electrons. The highest BCUT2D eigenvalue weighted by molar-refractivity contribution is 5.81. The number of hydrogen-bond acceptors (Lipinski definition) is 3.